The Kier molecular flexibility index (Phi) is 6.22. The van der Waals surface area contributed by atoms with E-state index in [2.05, 4.69) is 22.4 Å². The van der Waals surface area contributed by atoms with Gasteiger partial charge in [0.2, 0.25) is 0 Å². The van der Waals surface area contributed by atoms with Crippen LogP contribution < -0.4 is 5.32 Å². The standard InChI is InChI=1S/C24H33BN2O4/c1-16-9-11-18-13-17(10-12-20(18)27-16)14-19(15-26-21(28)29-22(2,3)4)25-30-23(5,6)24(7,8)31-25/h9-14H,15H2,1-8H3,(H,26,28). The van der Waals surface area contributed by atoms with Gasteiger partial charge in [0.15, 0.2) is 0 Å². The first-order valence-corrected chi connectivity index (χ1v) is 10.7. The predicted octanol–water partition coefficient (Wildman–Crippen LogP) is 5.08. The molecule has 3 rings (SSSR count). The summed E-state index contributed by atoms with van der Waals surface area (Å²) < 4.78 is 17.9. The van der Waals surface area contributed by atoms with Gasteiger partial charge in [0, 0.05) is 17.6 Å². The van der Waals surface area contributed by atoms with Gasteiger partial charge in [-0.15, -0.1) is 0 Å². The van der Waals surface area contributed by atoms with Crippen LogP contribution in [0.3, 0.4) is 0 Å². The molecule has 1 aromatic carbocycles. The maximum atomic E-state index is 12.2. The number of benzene rings is 1. The van der Waals surface area contributed by atoms with E-state index in [1.54, 1.807) is 0 Å². The summed E-state index contributed by atoms with van der Waals surface area (Å²) in [5.74, 6) is 0. The molecule has 1 aromatic heterocycles. The second-order valence-electron chi connectivity index (χ2n) is 10.1. The Labute approximate surface area is 185 Å². The molecular weight excluding hydrogens is 391 g/mol. The summed E-state index contributed by atoms with van der Waals surface area (Å²) in [6.45, 7) is 15.8. The first kappa shape index (κ1) is 23.3. The molecular formula is C24H33BN2O4. The third kappa shape index (κ3) is 5.66. The van der Waals surface area contributed by atoms with E-state index in [4.69, 9.17) is 14.0 Å². The largest absolute Gasteiger partial charge is 0.492 e. The van der Waals surface area contributed by atoms with Gasteiger partial charge in [-0.1, -0.05) is 18.2 Å². The Balaban J connectivity index is 1.90. The van der Waals surface area contributed by atoms with Crippen LogP contribution in [0.1, 0.15) is 59.7 Å². The molecule has 1 N–H and O–H groups in total. The average molecular weight is 424 g/mol. The van der Waals surface area contributed by atoms with Crippen LogP contribution in [0.5, 0.6) is 0 Å². The summed E-state index contributed by atoms with van der Waals surface area (Å²) in [5, 5.41) is 3.88. The minimum atomic E-state index is -0.577. The van der Waals surface area contributed by atoms with Gasteiger partial charge in [-0.25, -0.2) is 4.79 Å². The Hall–Kier alpha value is -2.38. The fourth-order valence-electron chi connectivity index (χ4n) is 3.24. The molecule has 0 unspecified atom stereocenters. The lowest BCUT2D eigenvalue weighted by atomic mass is 9.77. The molecule has 0 bridgehead atoms. The number of aromatic nitrogens is 1. The van der Waals surface area contributed by atoms with Crippen molar-refractivity contribution in [1.29, 1.82) is 0 Å². The van der Waals surface area contributed by atoms with E-state index in [0.717, 1.165) is 27.6 Å². The van der Waals surface area contributed by atoms with Crippen molar-refractivity contribution in [2.75, 3.05) is 6.54 Å². The number of carbonyl (C=O) groups excluding carboxylic acids is 1. The number of aryl methyl sites for hydroxylation is 1. The Morgan fingerprint density at radius 3 is 2.39 bits per heavy atom. The molecule has 166 valence electrons. The van der Waals surface area contributed by atoms with Gasteiger partial charge < -0.3 is 19.4 Å². The van der Waals surface area contributed by atoms with E-state index >= 15 is 0 Å². The van der Waals surface area contributed by atoms with Crippen LogP contribution in [0, 0.1) is 6.92 Å². The van der Waals surface area contributed by atoms with Crippen molar-refractivity contribution >= 4 is 30.2 Å². The highest BCUT2D eigenvalue weighted by Gasteiger charge is 2.52. The number of pyridine rings is 1. The van der Waals surface area contributed by atoms with E-state index < -0.39 is 30.0 Å². The topological polar surface area (TPSA) is 69.7 Å². The molecule has 1 aliphatic rings. The van der Waals surface area contributed by atoms with Crippen LogP contribution in [0.25, 0.3) is 17.0 Å². The highest BCUT2D eigenvalue weighted by Crippen LogP contribution is 2.38. The molecule has 1 saturated heterocycles. The third-order valence-electron chi connectivity index (χ3n) is 5.60. The molecule has 2 aromatic rings. The summed E-state index contributed by atoms with van der Waals surface area (Å²) in [4.78, 5) is 16.8. The number of fused-ring (bicyclic) bond motifs is 1. The maximum Gasteiger partial charge on any atom is 0.492 e. The van der Waals surface area contributed by atoms with Gasteiger partial charge in [-0.2, -0.15) is 0 Å². The van der Waals surface area contributed by atoms with E-state index in [-0.39, 0.29) is 6.54 Å². The second-order valence-corrected chi connectivity index (χ2v) is 10.1. The molecule has 2 heterocycles. The van der Waals surface area contributed by atoms with Gasteiger partial charge >= 0.3 is 13.2 Å². The van der Waals surface area contributed by atoms with Gasteiger partial charge in [0.25, 0.3) is 0 Å². The fourth-order valence-corrected chi connectivity index (χ4v) is 3.24. The van der Waals surface area contributed by atoms with Crippen LogP contribution in [-0.2, 0) is 14.0 Å². The predicted molar refractivity (Wildman–Crippen MR) is 125 cm³/mol. The summed E-state index contributed by atoms with van der Waals surface area (Å²) >= 11 is 0. The SMILES string of the molecule is Cc1ccc2cc(C=C(CNC(=O)OC(C)(C)C)B3OC(C)(C)C(C)(C)O3)ccc2n1. The number of alkyl carbamates (subject to hydrolysis) is 1. The van der Waals surface area contributed by atoms with Gasteiger partial charge in [0.05, 0.1) is 16.7 Å². The minimum Gasteiger partial charge on any atom is -0.444 e. The number of hydrogen-bond donors (Lipinski definition) is 1. The summed E-state index contributed by atoms with van der Waals surface area (Å²) in [6, 6.07) is 10.1. The number of hydrogen-bond acceptors (Lipinski definition) is 5. The Bertz CT molecular complexity index is 992. The maximum absolute atomic E-state index is 12.2. The van der Waals surface area contributed by atoms with Crippen molar-refractivity contribution < 1.29 is 18.8 Å². The van der Waals surface area contributed by atoms with Crippen LogP contribution >= 0.6 is 0 Å². The van der Waals surface area contributed by atoms with E-state index in [1.165, 1.54) is 0 Å². The molecule has 1 fully saturated rings. The van der Waals surface area contributed by atoms with Crippen LogP contribution in [0.4, 0.5) is 4.79 Å². The number of nitrogens with zero attached hydrogens (tertiary/aromatic N) is 1. The number of amides is 1. The first-order chi connectivity index (χ1) is 14.3. The molecule has 0 atom stereocenters. The molecule has 1 aliphatic heterocycles. The van der Waals surface area contributed by atoms with Crippen molar-refractivity contribution in [1.82, 2.24) is 10.3 Å². The monoisotopic (exact) mass is 424 g/mol. The van der Waals surface area contributed by atoms with Crippen molar-refractivity contribution in [3.63, 3.8) is 0 Å². The Morgan fingerprint density at radius 2 is 1.77 bits per heavy atom. The summed E-state index contributed by atoms with van der Waals surface area (Å²) in [7, 11) is -0.577. The molecule has 0 aliphatic carbocycles. The molecule has 31 heavy (non-hydrogen) atoms. The van der Waals surface area contributed by atoms with Crippen molar-refractivity contribution in [2.24, 2.45) is 0 Å². The fraction of sp³-hybridized carbons (Fsp3) is 0.500. The zero-order valence-corrected chi connectivity index (χ0v) is 19.8. The molecule has 6 nitrogen and oxygen atoms in total. The van der Waals surface area contributed by atoms with Crippen molar-refractivity contribution in [3.8, 4) is 0 Å². The summed E-state index contributed by atoms with van der Waals surface area (Å²) in [6.07, 6.45) is 1.52. The third-order valence-corrected chi connectivity index (χ3v) is 5.60. The summed E-state index contributed by atoms with van der Waals surface area (Å²) in [5.41, 5.74) is 2.19. The zero-order valence-electron chi connectivity index (χ0n) is 19.8. The highest BCUT2D eigenvalue weighted by atomic mass is 16.7. The van der Waals surface area contributed by atoms with Crippen molar-refractivity contribution in [3.05, 3.63) is 47.1 Å². The average Bonchev–Trinajstić information content (AvgIpc) is 2.84. The lowest BCUT2D eigenvalue weighted by molar-refractivity contribution is 0.00578. The lowest BCUT2D eigenvalue weighted by Gasteiger charge is -2.32. The van der Waals surface area contributed by atoms with Gasteiger partial charge in [-0.05, 0) is 84.6 Å². The Morgan fingerprint density at radius 1 is 1.13 bits per heavy atom. The normalized spacial score (nSPS) is 18.3. The molecule has 0 saturated carbocycles. The van der Waals surface area contributed by atoms with E-state index in [9.17, 15) is 4.79 Å². The van der Waals surface area contributed by atoms with Crippen LogP contribution in [-0.4, -0.2) is 41.5 Å². The number of carbonyl (C=O) groups is 1. The zero-order chi connectivity index (χ0) is 23.0. The first-order valence-electron chi connectivity index (χ1n) is 10.7. The minimum absolute atomic E-state index is 0.246. The van der Waals surface area contributed by atoms with Crippen LogP contribution in [0.2, 0.25) is 0 Å². The molecule has 0 radical (unpaired) electrons. The van der Waals surface area contributed by atoms with Crippen LogP contribution in [0.15, 0.2) is 35.8 Å². The molecule has 0 spiro atoms. The number of ether oxygens (including phenoxy) is 1. The second kappa shape index (κ2) is 8.28. The van der Waals surface area contributed by atoms with Gasteiger partial charge in [0.1, 0.15) is 5.60 Å². The van der Waals surface area contributed by atoms with Gasteiger partial charge in [-0.3, -0.25) is 4.98 Å². The number of nitrogens with one attached hydrogen (secondary N) is 1. The lowest BCUT2D eigenvalue weighted by Crippen LogP contribution is -2.41. The molecule has 1 amide bonds. The quantitative estimate of drug-likeness (QED) is 0.693. The highest BCUT2D eigenvalue weighted by molar-refractivity contribution is 6.56. The van der Waals surface area contributed by atoms with E-state index in [0.29, 0.717) is 0 Å². The van der Waals surface area contributed by atoms with E-state index in [1.807, 2.05) is 79.7 Å². The van der Waals surface area contributed by atoms with Crippen molar-refractivity contribution in [2.45, 2.75) is 72.2 Å². The molecule has 7 heteroatoms. The number of rotatable bonds is 4. The smallest absolute Gasteiger partial charge is 0.444 e.